The molecule has 2 aromatic rings. The fraction of sp³-hybridized carbons (Fsp3) is 0.583. The maximum Gasteiger partial charge on any atom is 0.289 e. The van der Waals surface area contributed by atoms with Gasteiger partial charge in [-0.2, -0.15) is 0 Å². The van der Waals surface area contributed by atoms with Gasteiger partial charge in [0.1, 0.15) is 4.90 Å². The number of carbonyl (C=O) groups is 1. The van der Waals surface area contributed by atoms with Crippen molar-refractivity contribution in [3.8, 4) is 5.75 Å². The predicted molar refractivity (Wildman–Crippen MR) is 141 cm³/mol. The minimum atomic E-state index is -4.20. The Labute approximate surface area is 224 Å². The number of piperidine rings is 1. The van der Waals surface area contributed by atoms with E-state index in [2.05, 4.69) is 31.0 Å². The lowest BCUT2D eigenvalue weighted by Crippen LogP contribution is -2.41. The van der Waals surface area contributed by atoms with Crippen molar-refractivity contribution in [2.24, 2.45) is 11.8 Å². The number of phenolic OH excluding ortho intramolecular Hbond substituents is 1. The topological polar surface area (TPSA) is 117 Å². The van der Waals surface area contributed by atoms with Crippen LogP contribution in [-0.4, -0.2) is 60.1 Å². The van der Waals surface area contributed by atoms with Gasteiger partial charge in [-0.05, 0) is 69.2 Å². The Balaban J connectivity index is 1.38. The van der Waals surface area contributed by atoms with Crippen molar-refractivity contribution in [3.63, 3.8) is 0 Å². The molecule has 1 aromatic carbocycles. The number of nitrogens with one attached hydrogen (secondary N) is 2. The normalized spacial score (nSPS) is 21.8. The number of imidazole rings is 1. The van der Waals surface area contributed by atoms with E-state index in [1.165, 1.54) is 18.6 Å². The Morgan fingerprint density at radius 1 is 1.14 bits per heavy atom. The Bertz CT molecular complexity index is 1230. The summed E-state index contributed by atoms with van der Waals surface area (Å²) in [5, 5.41) is 13.6. The highest BCUT2D eigenvalue weighted by molar-refractivity contribution is 9.10. The van der Waals surface area contributed by atoms with E-state index in [9.17, 15) is 18.3 Å². The molecule has 12 heteroatoms. The molecule has 196 valence electrons. The number of likely N-dealkylation sites (tertiary alicyclic amines) is 1. The summed E-state index contributed by atoms with van der Waals surface area (Å²) in [6.45, 7) is 3.50. The van der Waals surface area contributed by atoms with Crippen LogP contribution in [0.5, 0.6) is 5.75 Å². The number of benzene rings is 1. The van der Waals surface area contributed by atoms with Crippen LogP contribution in [0.25, 0.3) is 0 Å². The zero-order valence-corrected chi connectivity index (χ0v) is 23.1. The number of sulfonamides is 1. The highest BCUT2D eigenvalue weighted by Crippen LogP contribution is 2.36. The number of aromatic nitrogens is 2. The lowest BCUT2D eigenvalue weighted by molar-refractivity contribution is 0.0643. The fourth-order valence-corrected chi connectivity index (χ4v) is 7.94. The van der Waals surface area contributed by atoms with Crippen LogP contribution in [-0.2, 0) is 10.0 Å². The molecule has 2 aliphatic heterocycles. The maximum atomic E-state index is 13.6. The number of hydrogen-bond acceptors (Lipinski definition) is 6. The summed E-state index contributed by atoms with van der Waals surface area (Å²) < 4.78 is 30.9. The molecular formula is C24H31BrClN5O4S. The molecule has 0 radical (unpaired) electrons. The van der Waals surface area contributed by atoms with Crippen LogP contribution >= 0.6 is 27.5 Å². The molecule has 3 N–H and O–H groups in total. The SMILES string of the molecule is O=C(c1nc(NS(=O)(=O)c2cc(Br)cc(Cl)c2O)cn1C1CCCC1)N1CCC(C2CCNC2)CC1. The average Bonchev–Trinajstić information content (AvgIpc) is 3.62. The minimum Gasteiger partial charge on any atom is -0.505 e. The van der Waals surface area contributed by atoms with Crippen LogP contribution in [0.3, 0.4) is 0 Å². The molecule has 3 aliphatic rings. The van der Waals surface area contributed by atoms with E-state index >= 15 is 0 Å². The Morgan fingerprint density at radius 2 is 1.86 bits per heavy atom. The first kappa shape index (κ1) is 25.8. The smallest absolute Gasteiger partial charge is 0.289 e. The zero-order valence-electron chi connectivity index (χ0n) is 19.9. The van der Waals surface area contributed by atoms with Gasteiger partial charge >= 0.3 is 0 Å². The minimum absolute atomic E-state index is 0.0488. The first-order valence-electron chi connectivity index (χ1n) is 12.5. The lowest BCUT2D eigenvalue weighted by atomic mass is 9.84. The highest BCUT2D eigenvalue weighted by Gasteiger charge is 2.33. The summed E-state index contributed by atoms with van der Waals surface area (Å²) in [5.41, 5.74) is 0. The van der Waals surface area contributed by atoms with E-state index in [4.69, 9.17) is 11.6 Å². The standard InChI is InChI=1S/C24H31BrClN5O4S/c25-17-11-19(26)22(32)20(12-17)36(34,35)29-21-14-31(18-3-1-2-4-18)23(28-21)24(33)30-9-6-15(7-10-30)16-5-8-27-13-16/h11-12,14-16,18,27,29,32H,1-10,13H2. The third kappa shape index (κ3) is 5.25. The number of carbonyl (C=O) groups excluding carboxylic acids is 1. The molecule has 5 rings (SSSR count). The average molecular weight is 601 g/mol. The van der Waals surface area contributed by atoms with E-state index in [0.29, 0.717) is 29.4 Å². The first-order chi connectivity index (χ1) is 17.2. The van der Waals surface area contributed by atoms with Gasteiger partial charge in [0.2, 0.25) is 5.82 Å². The second-order valence-corrected chi connectivity index (χ2v) is 13.0. The number of nitrogens with zero attached hydrogens (tertiary/aromatic N) is 3. The molecule has 3 fully saturated rings. The molecule has 2 saturated heterocycles. The monoisotopic (exact) mass is 599 g/mol. The molecule has 1 saturated carbocycles. The van der Waals surface area contributed by atoms with E-state index in [1.54, 1.807) is 6.20 Å². The molecule has 36 heavy (non-hydrogen) atoms. The van der Waals surface area contributed by atoms with Gasteiger partial charge in [0.25, 0.3) is 15.9 Å². The van der Waals surface area contributed by atoms with E-state index in [0.717, 1.165) is 51.6 Å². The predicted octanol–water partition coefficient (Wildman–Crippen LogP) is 4.38. The molecule has 1 aliphatic carbocycles. The molecule has 0 bridgehead atoms. The maximum absolute atomic E-state index is 13.6. The zero-order chi connectivity index (χ0) is 25.4. The Morgan fingerprint density at radius 3 is 2.53 bits per heavy atom. The first-order valence-corrected chi connectivity index (χ1v) is 15.2. The summed E-state index contributed by atoms with van der Waals surface area (Å²) >= 11 is 9.19. The second kappa shape index (κ2) is 10.5. The van der Waals surface area contributed by atoms with Gasteiger partial charge in [0.05, 0.1) is 5.02 Å². The number of hydrogen-bond donors (Lipinski definition) is 3. The van der Waals surface area contributed by atoms with Crippen molar-refractivity contribution in [1.29, 1.82) is 0 Å². The van der Waals surface area contributed by atoms with E-state index < -0.39 is 15.8 Å². The number of amides is 1. The van der Waals surface area contributed by atoms with Crippen molar-refractivity contribution in [2.75, 3.05) is 30.9 Å². The fourth-order valence-electron chi connectivity index (χ4n) is 5.80. The van der Waals surface area contributed by atoms with Gasteiger partial charge in [-0.3, -0.25) is 9.52 Å². The third-order valence-electron chi connectivity index (χ3n) is 7.76. The number of rotatable bonds is 6. The van der Waals surface area contributed by atoms with Crippen molar-refractivity contribution >= 4 is 49.3 Å². The number of anilines is 1. The van der Waals surface area contributed by atoms with Crippen LogP contribution in [0.15, 0.2) is 27.7 Å². The lowest BCUT2D eigenvalue weighted by Gasteiger charge is -2.34. The van der Waals surface area contributed by atoms with Crippen LogP contribution in [0.1, 0.15) is 61.6 Å². The Kier molecular flexibility index (Phi) is 7.54. The van der Waals surface area contributed by atoms with Crippen molar-refractivity contribution in [2.45, 2.75) is 55.9 Å². The second-order valence-electron chi connectivity index (χ2n) is 10.0. The van der Waals surface area contributed by atoms with Gasteiger partial charge in [0.15, 0.2) is 11.6 Å². The van der Waals surface area contributed by atoms with Crippen LogP contribution in [0, 0.1) is 11.8 Å². The molecule has 3 heterocycles. The summed E-state index contributed by atoms with van der Waals surface area (Å²) in [5.74, 6) is 0.921. The molecule has 0 spiro atoms. The Hall–Kier alpha value is -1.82. The molecular weight excluding hydrogens is 570 g/mol. The van der Waals surface area contributed by atoms with Gasteiger partial charge in [-0.25, -0.2) is 13.4 Å². The van der Waals surface area contributed by atoms with Crippen LogP contribution in [0.4, 0.5) is 5.82 Å². The molecule has 1 amide bonds. The van der Waals surface area contributed by atoms with Gasteiger partial charge in [-0.1, -0.05) is 40.4 Å². The van der Waals surface area contributed by atoms with Crippen LogP contribution < -0.4 is 10.0 Å². The third-order valence-corrected chi connectivity index (χ3v) is 9.87. The van der Waals surface area contributed by atoms with Crippen molar-refractivity contribution in [1.82, 2.24) is 19.8 Å². The largest absolute Gasteiger partial charge is 0.505 e. The van der Waals surface area contributed by atoms with Crippen LogP contribution in [0.2, 0.25) is 5.02 Å². The molecule has 9 nitrogen and oxygen atoms in total. The highest BCUT2D eigenvalue weighted by atomic mass is 79.9. The molecule has 1 aromatic heterocycles. The molecule has 1 atom stereocenters. The number of halogens is 2. The summed E-state index contributed by atoms with van der Waals surface area (Å²) in [6, 6.07) is 2.78. The quantitative estimate of drug-likeness (QED) is 0.453. The van der Waals surface area contributed by atoms with Crippen molar-refractivity contribution < 1.29 is 18.3 Å². The van der Waals surface area contributed by atoms with Gasteiger partial charge < -0.3 is 19.9 Å². The van der Waals surface area contributed by atoms with Gasteiger partial charge in [-0.15, -0.1) is 0 Å². The number of phenols is 1. The molecule has 1 unspecified atom stereocenters. The van der Waals surface area contributed by atoms with E-state index in [-0.39, 0.29) is 33.5 Å². The summed E-state index contributed by atoms with van der Waals surface area (Å²) in [6.07, 6.45) is 8.71. The summed E-state index contributed by atoms with van der Waals surface area (Å²) in [4.78, 5) is 19.5. The summed E-state index contributed by atoms with van der Waals surface area (Å²) in [7, 11) is -4.20. The van der Waals surface area contributed by atoms with E-state index in [1.807, 2.05) is 9.47 Å². The van der Waals surface area contributed by atoms with Crippen molar-refractivity contribution in [3.05, 3.63) is 33.6 Å². The van der Waals surface area contributed by atoms with Gasteiger partial charge in [0, 0.05) is 29.8 Å². The number of aromatic hydroxyl groups is 1.